The standard InChI is InChI=1S/C40H75NO8/c1-3-5-7-9-11-13-15-16-17-18-20-22-24-26-28-30-36(44)41-33(32-48-40-39(47)38(46)37(45)35(31-42)49-40)34(43)29-27-25-23-21-19-14-12-10-8-6-4-2/h19,21,27,29,33-35,37-40,42-43,45-47H,3-18,20,22-26,28,30-32H2,1-2H3,(H,41,44)/b21-19+,29-27+. The third-order valence-electron chi connectivity index (χ3n) is 9.53. The number of hydrogen-bond acceptors (Lipinski definition) is 8. The summed E-state index contributed by atoms with van der Waals surface area (Å²) < 4.78 is 11.1. The zero-order valence-electron chi connectivity index (χ0n) is 31.2. The highest BCUT2D eigenvalue weighted by Gasteiger charge is 2.44. The molecule has 1 aliphatic rings. The zero-order chi connectivity index (χ0) is 36.0. The fourth-order valence-electron chi connectivity index (χ4n) is 6.23. The molecule has 49 heavy (non-hydrogen) atoms. The summed E-state index contributed by atoms with van der Waals surface area (Å²) in [6.45, 7) is 3.71. The van der Waals surface area contributed by atoms with E-state index in [1.807, 2.05) is 6.08 Å². The van der Waals surface area contributed by atoms with E-state index in [1.165, 1.54) is 109 Å². The first kappa shape index (κ1) is 45.7. The van der Waals surface area contributed by atoms with E-state index in [0.29, 0.717) is 6.42 Å². The number of carbonyl (C=O) groups excluding carboxylic acids is 1. The number of nitrogens with one attached hydrogen (secondary N) is 1. The second-order valence-corrected chi connectivity index (χ2v) is 14.1. The Balaban J connectivity index is 2.43. The van der Waals surface area contributed by atoms with Gasteiger partial charge in [0.2, 0.25) is 5.91 Å². The second kappa shape index (κ2) is 31.4. The third-order valence-corrected chi connectivity index (χ3v) is 9.53. The van der Waals surface area contributed by atoms with Gasteiger partial charge in [0, 0.05) is 6.42 Å². The molecule has 9 heteroatoms. The van der Waals surface area contributed by atoms with Gasteiger partial charge in [-0.1, -0.05) is 154 Å². The number of unbranched alkanes of at least 4 members (excludes halogenated alkanes) is 20. The van der Waals surface area contributed by atoms with E-state index in [0.717, 1.165) is 38.5 Å². The predicted molar refractivity (Wildman–Crippen MR) is 198 cm³/mol. The van der Waals surface area contributed by atoms with Gasteiger partial charge in [-0.2, -0.15) is 0 Å². The molecule has 0 saturated carbocycles. The molecule has 0 aromatic heterocycles. The Morgan fingerprint density at radius 1 is 0.673 bits per heavy atom. The molecule has 9 nitrogen and oxygen atoms in total. The summed E-state index contributed by atoms with van der Waals surface area (Å²) in [7, 11) is 0. The lowest BCUT2D eigenvalue weighted by molar-refractivity contribution is -0.302. The molecule has 0 aromatic carbocycles. The third kappa shape index (κ3) is 23.0. The van der Waals surface area contributed by atoms with E-state index in [9.17, 15) is 30.3 Å². The van der Waals surface area contributed by atoms with Crippen LogP contribution in [0, 0.1) is 0 Å². The molecule has 1 heterocycles. The first-order valence-corrected chi connectivity index (χ1v) is 20.1. The van der Waals surface area contributed by atoms with Crippen LogP contribution in [-0.2, 0) is 14.3 Å². The smallest absolute Gasteiger partial charge is 0.220 e. The number of rotatable bonds is 32. The van der Waals surface area contributed by atoms with Crippen molar-refractivity contribution in [1.82, 2.24) is 5.32 Å². The van der Waals surface area contributed by atoms with Crippen molar-refractivity contribution in [1.29, 1.82) is 0 Å². The summed E-state index contributed by atoms with van der Waals surface area (Å²) in [5.41, 5.74) is 0. The Labute approximate surface area is 298 Å². The van der Waals surface area contributed by atoms with Crippen LogP contribution in [0.15, 0.2) is 24.3 Å². The van der Waals surface area contributed by atoms with Crippen molar-refractivity contribution in [3.05, 3.63) is 24.3 Å². The van der Waals surface area contributed by atoms with Crippen molar-refractivity contribution in [2.24, 2.45) is 0 Å². The van der Waals surface area contributed by atoms with Gasteiger partial charge in [-0.05, 0) is 32.1 Å². The van der Waals surface area contributed by atoms with Crippen LogP contribution in [0.1, 0.15) is 168 Å². The van der Waals surface area contributed by atoms with Crippen LogP contribution >= 0.6 is 0 Å². The van der Waals surface area contributed by atoms with Crippen molar-refractivity contribution in [2.75, 3.05) is 13.2 Å². The summed E-state index contributed by atoms with van der Waals surface area (Å²) in [6, 6.07) is -0.814. The highest BCUT2D eigenvalue weighted by atomic mass is 16.7. The Hall–Kier alpha value is -1.33. The maximum absolute atomic E-state index is 12.9. The molecule has 1 rings (SSSR count). The lowest BCUT2D eigenvalue weighted by Gasteiger charge is -2.40. The number of carbonyl (C=O) groups is 1. The number of aliphatic hydroxyl groups is 5. The van der Waals surface area contributed by atoms with Gasteiger partial charge in [0.05, 0.1) is 25.4 Å². The van der Waals surface area contributed by atoms with Gasteiger partial charge in [0.1, 0.15) is 24.4 Å². The quantitative estimate of drug-likeness (QED) is 0.0320. The molecule has 7 atom stereocenters. The summed E-state index contributed by atoms with van der Waals surface area (Å²) in [4.78, 5) is 12.9. The Bertz CT molecular complexity index is 822. The van der Waals surface area contributed by atoms with E-state index >= 15 is 0 Å². The van der Waals surface area contributed by atoms with Crippen LogP contribution < -0.4 is 5.32 Å². The molecule has 6 N–H and O–H groups in total. The molecule has 1 saturated heterocycles. The lowest BCUT2D eigenvalue weighted by atomic mass is 9.99. The van der Waals surface area contributed by atoms with E-state index in [2.05, 4.69) is 31.3 Å². The monoisotopic (exact) mass is 698 g/mol. The number of aliphatic hydroxyl groups excluding tert-OH is 5. The minimum Gasteiger partial charge on any atom is -0.394 e. The number of allylic oxidation sites excluding steroid dienone is 3. The van der Waals surface area contributed by atoms with Gasteiger partial charge in [0.15, 0.2) is 6.29 Å². The van der Waals surface area contributed by atoms with Crippen molar-refractivity contribution < 1.29 is 39.8 Å². The van der Waals surface area contributed by atoms with Crippen molar-refractivity contribution >= 4 is 5.91 Å². The molecular formula is C40H75NO8. The van der Waals surface area contributed by atoms with Gasteiger partial charge in [0.25, 0.3) is 0 Å². The minimum atomic E-state index is -1.57. The molecule has 0 aromatic rings. The summed E-state index contributed by atoms with van der Waals surface area (Å²) in [5, 5.41) is 53.9. The second-order valence-electron chi connectivity index (χ2n) is 14.1. The first-order chi connectivity index (χ1) is 23.8. The highest BCUT2D eigenvalue weighted by molar-refractivity contribution is 5.76. The van der Waals surface area contributed by atoms with Crippen molar-refractivity contribution in [3.63, 3.8) is 0 Å². The van der Waals surface area contributed by atoms with Gasteiger partial charge in [-0.25, -0.2) is 0 Å². The van der Waals surface area contributed by atoms with Crippen LogP contribution in [0.2, 0.25) is 0 Å². The molecular weight excluding hydrogens is 622 g/mol. The van der Waals surface area contributed by atoms with E-state index in [4.69, 9.17) is 9.47 Å². The summed E-state index contributed by atoms with van der Waals surface area (Å²) in [6.07, 6.45) is 27.9. The van der Waals surface area contributed by atoms with Gasteiger partial charge in [-0.3, -0.25) is 4.79 Å². The highest BCUT2D eigenvalue weighted by Crippen LogP contribution is 2.22. The molecule has 7 unspecified atom stereocenters. The Kier molecular flexibility index (Phi) is 29.3. The Morgan fingerprint density at radius 2 is 1.16 bits per heavy atom. The van der Waals surface area contributed by atoms with E-state index in [1.54, 1.807) is 6.08 Å². The molecule has 0 aliphatic carbocycles. The van der Waals surface area contributed by atoms with E-state index < -0.39 is 49.5 Å². The average Bonchev–Trinajstić information content (AvgIpc) is 3.10. The summed E-state index contributed by atoms with van der Waals surface area (Å²) >= 11 is 0. The maximum Gasteiger partial charge on any atom is 0.220 e. The molecule has 1 amide bonds. The van der Waals surface area contributed by atoms with Gasteiger partial charge < -0.3 is 40.3 Å². The summed E-state index contributed by atoms with van der Waals surface area (Å²) in [5.74, 6) is -0.189. The minimum absolute atomic E-state index is 0.189. The van der Waals surface area contributed by atoms with Crippen molar-refractivity contribution in [3.8, 4) is 0 Å². The van der Waals surface area contributed by atoms with E-state index in [-0.39, 0.29) is 12.5 Å². The zero-order valence-corrected chi connectivity index (χ0v) is 31.2. The molecule has 288 valence electrons. The molecule has 1 fully saturated rings. The van der Waals surface area contributed by atoms with Crippen LogP contribution in [0.5, 0.6) is 0 Å². The number of hydrogen-bond donors (Lipinski definition) is 6. The fraction of sp³-hybridized carbons (Fsp3) is 0.875. The Morgan fingerprint density at radius 3 is 1.71 bits per heavy atom. The van der Waals surface area contributed by atoms with Crippen molar-refractivity contribution in [2.45, 2.75) is 211 Å². The normalized spacial score (nSPS) is 22.6. The molecule has 1 aliphatic heterocycles. The van der Waals surface area contributed by atoms with Crippen LogP contribution in [0.3, 0.4) is 0 Å². The topological polar surface area (TPSA) is 149 Å². The SMILES string of the molecule is CCCCCCC/C=C/CC/C=C/C(O)C(COC1OC(CO)C(O)C(O)C1O)NC(=O)CCCCCCCCCCCCCCCCC. The predicted octanol–water partition coefficient (Wildman–Crippen LogP) is 7.16. The number of ether oxygens (including phenoxy) is 2. The largest absolute Gasteiger partial charge is 0.394 e. The maximum atomic E-state index is 12.9. The lowest BCUT2D eigenvalue weighted by Crippen LogP contribution is -2.60. The van der Waals surface area contributed by atoms with Crippen LogP contribution in [0.4, 0.5) is 0 Å². The average molecular weight is 698 g/mol. The van der Waals surface area contributed by atoms with Crippen LogP contribution in [0.25, 0.3) is 0 Å². The first-order valence-electron chi connectivity index (χ1n) is 20.1. The van der Waals surface area contributed by atoms with Crippen LogP contribution in [-0.4, -0.2) is 87.5 Å². The van der Waals surface area contributed by atoms with Gasteiger partial charge >= 0.3 is 0 Å². The fourth-order valence-corrected chi connectivity index (χ4v) is 6.23. The molecule has 0 spiro atoms. The van der Waals surface area contributed by atoms with Gasteiger partial charge in [-0.15, -0.1) is 0 Å². The molecule has 0 radical (unpaired) electrons. The molecule has 0 bridgehead atoms. The number of amides is 1.